The number of anilines is 2. The molecule has 3 aromatic rings. The third-order valence-electron chi connectivity index (χ3n) is 6.38. The molecular weight excluding hydrogens is 400 g/mol. The largest absolute Gasteiger partial charge is 0.375 e. The lowest BCUT2D eigenvalue weighted by atomic mass is 9.98. The van der Waals surface area contributed by atoms with Crippen LogP contribution < -0.4 is 10.6 Å². The summed E-state index contributed by atoms with van der Waals surface area (Å²) in [6.45, 7) is 3.20. The number of pyridine rings is 1. The summed E-state index contributed by atoms with van der Waals surface area (Å²) in [6.07, 6.45) is 7.47. The van der Waals surface area contributed by atoms with Gasteiger partial charge in [0.25, 0.3) is 0 Å². The van der Waals surface area contributed by atoms with Gasteiger partial charge in [0.1, 0.15) is 0 Å². The highest BCUT2D eigenvalue weighted by Gasteiger charge is 2.24. The van der Waals surface area contributed by atoms with Gasteiger partial charge >= 0.3 is 0 Å². The van der Waals surface area contributed by atoms with Gasteiger partial charge in [-0.05, 0) is 43.4 Å². The molecule has 1 amide bonds. The van der Waals surface area contributed by atoms with Crippen LogP contribution in [0.4, 0.5) is 11.6 Å². The van der Waals surface area contributed by atoms with Gasteiger partial charge in [-0.15, -0.1) is 0 Å². The first kappa shape index (κ1) is 20.4. The van der Waals surface area contributed by atoms with Crippen molar-refractivity contribution >= 4 is 17.5 Å². The van der Waals surface area contributed by atoms with E-state index in [0.717, 1.165) is 67.0 Å². The summed E-state index contributed by atoms with van der Waals surface area (Å²) >= 11 is 0. The fraction of sp³-hybridized carbons (Fsp3) is 0.360. The predicted molar refractivity (Wildman–Crippen MR) is 125 cm³/mol. The zero-order valence-corrected chi connectivity index (χ0v) is 18.3. The van der Waals surface area contributed by atoms with Crippen LogP contribution in [-0.2, 0) is 11.2 Å². The van der Waals surface area contributed by atoms with Crippen LogP contribution in [0.5, 0.6) is 0 Å². The second kappa shape index (κ2) is 8.94. The van der Waals surface area contributed by atoms with Gasteiger partial charge in [0, 0.05) is 44.0 Å². The van der Waals surface area contributed by atoms with Crippen molar-refractivity contribution in [2.24, 2.45) is 0 Å². The maximum Gasteiger partial charge on any atom is 0.223 e. The second-order valence-electron chi connectivity index (χ2n) is 8.55. The van der Waals surface area contributed by atoms with Gasteiger partial charge in [-0.25, -0.2) is 9.97 Å². The highest BCUT2D eigenvalue weighted by atomic mass is 16.2. The molecule has 1 fully saturated rings. The Labute approximate surface area is 188 Å². The molecule has 0 aliphatic carbocycles. The lowest BCUT2D eigenvalue weighted by molar-refractivity contribution is -0.129. The van der Waals surface area contributed by atoms with Gasteiger partial charge < -0.3 is 15.5 Å². The summed E-state index contributed by atoms with van der Waals surface area (Å²) in [7, 11) is 0. The van der Waals surface area contributed by atoms with Crippen molar-refractivity contribution in [3.05, 3.63) is 66.2 Å². The fourth-order valence-corrected chi connectivity index (χ4v) is 4.53. The molecule has 5 rings (SSSR count). The summed E-state index contributed by atoms with van der Waals surface area (Å²) in [4.78, 5) is 27.4. The summed E-state index contributed by atoms with van der Waals surface area (Å²) in [5, 5.41) is 7.12. The number of benzene rings is 1. The summed E-state index contributed by atoms with van der Waals surface area (Å²) in [5.74, 6) is 0.808. The first-order chi connectivity index (χ1) is 15.7. The van der Waals surface area contributed by atoms with Crippen LogP contribution >= 0.6 is 0 Å². The topological polar surface area (TPSA) is 83.0 Å². The number of rotatable bonds is 4. The van der Waals surface area contributed by atoms with E-state index in [1.165, 1.54) is 0 Å². The van der Waals surface area contributed by atoms with Crippen LogP contribution in [0.3, 0.4) is 0 Å². The number of carbonyl (C=O) groups is 1. The molecule has 0 radical (unpaired) electrons. The Hall–Kier alpha value is -3.48. The number of nitrogens with zero attached hydrogens (tertiary/aromatic N) is 4. The molecule has 7 heteroatoms. The SMILES string of the molecule is CC(=O)N1CCC(Nc2nccc(C3CCc4ncc(-c5ccccc5)cc4N3)n2)CC1. The van der Waals surface area contributed by atoms with Gasteiger partial charge in [0.05, 0.1) is 23.1 Å². The summed E-state index contributed by atoms with van der Waals surface area (Å²) in [5.41, 5.74) is 5.44. The van der Waals surface area contributed by atoms with E-state index in [0.29, 0.717) is 12.0 Å². The van der Waals surface area contributed by atoms with Crippen molar-refractivity contribution in [3.8, 4) is 11.1 Å². The maximum absolute atomic E-state index is 11.5. The Bertz CT molecular complexity index is 1090. The average molecular weight is 429 g/mol. The van der Waals surface area contributed by atoms with Gasteiger partial charge in [-0.2, -0.15) is 0 Å². The van der Waals surface area contributed by atoms with Crippen molar-refractivity contribution in [3.63, 3.8) is 0 Å². The molecule has 2 aliphatic rings. The molecular formula is C25H28N6O. The molecule has 164 valence electrons. The monoisotopic (exact) mass is 428 g/mol. The zero-order chi connectivity index (χ0) is 21.9. The van der Waals surface area contributed by atoms with Crippen molar-refractivity contribution < 1.29 is 4.79 Å². The molecule has 2 aromatic heterocycles. The van der Waals surface area contributed by atoms with E-state index in [1.807, 2.05) is 41.6 Å². The van der Waals surface area contributed by atoms with Crippen molar-refractivity contribution in [1.82, 2.24) is 19.9 Å². The number of likely N-dealkylation sites (tertiary alicyclic amines) is 1. The molecule has 2 aliphatic heterocycles. The Morgan fingerprint density at radius 3 is 2.66 bits per heavy atom. The van der Waals surface area contributed by atoms with Crippen LogP contribution in [0.1, 0.15) is 43.6 Å². The van der Waals surface area contributed by atoms with Crippen molar-refractivity contribution in [2.75, 3.05) is 23.7 Å². The van der Waals surface area contributed by atoms with Crippen LogP contribution in [0.2, 0.25) is 0 Å². The maximum atomic E-state index is 11.5. The van der Waals surface area contributed by atoms with E-state index in [4.69, 9.17) is 9.97 Å². The molecule has 0 spiro atoms. The highest BCUT2D eigenvalue weighted by molar-refractivity contribution is 5.73. The number of nitrogens with one attached hydrogen (secondary N) is 2. The molecule has 32 heavy (non-hydrogen) atoms. The number of aryl methyl sites for hydroxylation is 1. The van der Waals surface area contributed by atoms with Crippen LogP contribution in [-0.4, -0.2) is 44.9 Å². The lowest BCUT2D eigenvalue weighted by Crippen LogP contribution is -2.41. The third kappa shape index (κ3) is 4.42. The molecule has 1 unspecified atom stereocenters. The molecule has 1 atom stereocenters. The van der Waals surface area contributed by atoms with E-state index < -0.39 is 0 Å². The van der Waals surface area contributed by atoms with E-state index in [2.05, 4.69) is 33.8 Å². The molecule has 1 aromatic carbocycles. The quantitative estimate of drug-likeness (QED) is 0.652. The van der Waals surface area contributed by atoms with Gasteiger partial charge in [0.15, 0.2) is 0 Å². The minimum Gasteiger partial charge on any atom is -0.375 e. The fourth-order valence-electron chi connectivity index (χ4n) is 4.53. The molecule has 4 heterocycles. The van der Waals surface area contributed by atoms with Crippen molar-refractivity contribution in [2.45, 2.75) is 44.7 Å². The standard InChI is InChI=1S/C25H28N6O/c1-17(32)31-13-10-20(11-14-31)28-25-26-12-9-23(30-25)22-8-7-21-24(29-22)15-19(16-27-21)18-5-3-2-4-6-18/h2-6,9,12,15-16,20,22,29H,7-8,10-11,13-14H2,1H3,(H,26,28,30). The molecule has 0 saturated carbocycles. The summed E-state index contributed by atoms with van der Waals surface area (Å²) in [6, 6.07) is 14.9. The van der Waals surface area contributed by atoms with Crippen LogP contribution in [0.15, 0.2) is 54.9 Å². The third-order valence-corrected chi connectivity index (χ3v) is 6.38. The number of aromatic nitrogens is 3. The number of hydrogen-bond acceptors (Lipinski definition) is 6. The lowest BCUT2D eigenvalue weighted by Gasteiger charge is -2.32. The first-order valence-electron chi connectivity index (χ1n) is 11.3. The Kier molecular flexibility index (Phi) is 5.71. The molecule has 1 saturated heterocycles. The van der Waals surface area contributed by atoms with E-state index in [1.54, 1.807) is 6.92 Å². The molecule has 2 N–H and O–H groups in total. The van der Waals surface area contributed by atoms with E-state index >= 15 is 0 Å². The van der Waals surface area contributed by atoms with Gasteiger partial charge in [-0.3, -0.25) is 9.78 Å². The Balaban J connectivity index is 1.28. The van der Waals surface area contributed by atoms with E-state index in [-0.39, 0.29) is 11.9 Å². The zero-order valence-electron chi connectivity index (χ0n) is 18.3. The number of amides is 1. The summed E-state index contributed by atoms with van der Waals surface area (Å²) < 4.78 is 0. The minimum absolute atomic E-state index is 0.124. The van der Waals surface area contributed by atoms with Crippen molar-refractivity contribution in [1.29, 1.82) is 0 Å². The molecule has 7 nitrogen and oxygen atoms in total. The van der Waals surface area contributed by atoms with E-state index in [9.17, 15) is 4.79 Å². The number of piperidine rings is 1. The second-order valence-corrected chi connectivity index (χ2v) is 8.55. The Morgan fingerprint density at radius 2 is 1.88 bits per heavy atom. The minimum atomic E-state index is 0.124. The molecule has 0 bridgehead atoms. The van der Waals surface area contributed by atoms with Crippen LogP contribution in [0, 0.1) is 0 Å². The first-order valence-corrected chi connectivity index (χ1v) is 11.3. The Morgan fingerprint density at radius 1 is 1.06 bits per heavy atom. The smallest absolute Gasteiger partial charge is 0.223 e. The highest BCUT2D eigenvalue weighted by Crippen LogP contribution is 2.33. The number of hydrogen-bond donors (Lipinski definition) is 2. The van der Waals surface area contributed by atoms with Gasteiger partial charge in [0.2, 0.25) is 11.9 Å². The van der Waals surface area contributed by atoms with Crippen LogP contribution in [0.25, 0.3) is 11.1 Å². The van der Waals surface area contributed by atoms with Gasteiger partial charge in [-0.1, -0.05) is 30.3 Å². The number of fused-ring (bicyclic) bond motifs is 1. The predicted octanol–water partition coefficient (Wildman–Crippen LogP) is 4.06. The average Bonchev–Trinajstić information content (AvgIpc) is 2.84. The normalized spacial score (nSPS) is 18.5. The number of carbonyl (C=O) groups excluding carboxylic acids is 1.